The van der Waals surface area contributed by atoms with Crippen LogP contribution in [0, 0.1) is 13.8 Å². The van der Waals surface area contributed by atoms with Gasteiger partial charge in [0.25, 0.3) is 0 Å². The molecule has 2 N–H and O–H groups in total. The Balaban J connectivity index is 2.05. The molecular weight excluding hydrogens is 186 g/mol. The van der Waals surface area contributed by atoms with Crippen LogP contribution >= 0.6 is 0 Å². The molecule has 3 heteroatoms. The first-order chi connectivity index (χ1) is 7.25. The first kappa shape index (κ1) is 9.77. The predicted molar refractivity (Wildman–Crippen MR) is 61.8 cm³/mol. The number of nitrogens with zero attached hydrogens (tertiary/aromatic N) is 1. The highest BCUT2D eigenvalue weighted by atomic mass is 14.9. The number of H-pyrrole nitrogens is 1. The second-order valence-corrected chi connectivity index (χ2v) is 3.66. The molecule has 0 unspecified atom stereocenters. The summed E-state index contributed by atoms with van der Waals surface area (Å²) in [7, 11) is 0. The lowest BCUT2D eigenvalue weighted by atomic mass is 10.2. The molecule has 0 bridgehead atoms. The van der Waals surface area contributed by atoms with Gasteiger partial charge in [0, 0.05) is 24.6 Å². The fourth-order valence-electron chi connectivity index (χ4n) is 1.54. The summed E-state index contributed by atoms with van der Waals surface area (Å²) in [4.78, 5) is 7.44. The molecule has 2 aromatic rings. The van der Waals surface area contributed by atoms with Crippen molar-refractivity contribution in [3.8, 4) is 0 Å². The number of pyridine rings is 1. The SMILES string of the molecule is Cc1ccc(NCc2cc[nH]c2)c(C)n1. The van der Waals surface area contributed by atoms with Gasteiger partial charge in [0.1, 0.15) is 0 Å². The van der Waals surface area contributed by atoms with Crippen molar-refractivity contribution in [1.29, 1.82) is 0 Å². The highest BCUT2D eigenvalue weighted by Gasteiger charge is 1.99. The Morgan fingerprint density at radius 3 is 2.80 bits per heavy atom. The highest BCUT2D eigenvalue weighted by Crippen LogP contribution is 2.13. The molecule has 2 heterocycles. The zero-order valence-corrected chi connectivity index (χ0v) is 9.04. The largest absolute Gasteiger partial charge is 0.379 e. The van der Waals surface area contributed by atoms with E-state index in [9.17, 15) is 0 Å². The van der Waals surface area contributed by atoms with Crippen LogP contribution in [-0.4, -0.2) is 9.97 Å². The van der Waals surface area contributed by atoms with Crippen LogP contribution in [0.1, 0.15) is 17.0 Å². The number of aromatic amines is 1. The van der Waals surface area contributed by atoms with Crippen LogP contribution in [-0.2, 0) is 6.54 Å². The van der Waals surface area contributed by atoms with E-state index in [1.54, 1.807) is 0 Å². The van der Waals surface area contributed by atoms with E-state index >= 15 is 0 Å². The molecule has 0 aromatic carbocycles. The van der Waals surface area contributed by atoms with Gasteiger partial charge in [-0.2, -0.15) is 0 Å². The van der Waals surface area contributed by atoms with Crippen molar-refractivity contribution in [2.75, 3.05) is 5.32 Å². The van der Waals surface area contributed by atoms with Gasteiger partial charge >= 0.3 is 0 Å². The summed E-state index contributed by atoms with van der Waals surface area (Å²) in [5.74, 6) is 0. The first-order valence-corrected chi connectivity index (χ1v) is 5.05. The normalized spacial score (nSPS) is 10.3. The molecule has 0 fully saturated rings. The summed E-state index contributed by atoms with van der Waals surface area (Å²) in [5.41, 5.74) is 4.45. The molecule has 0 amide bonds. The van der Waals surface area contributed by atoms with Gasteiger partial charge < -0.3 is 10.3 Å². The molecular formula is C12H15N3. The van der Waals surface area contributed by atoms with Crippen molar-refractivity contribution in [2.24, 2.45) is 0 Å². The van der Waals surface area contributed by atoms with E-state index in [2.05, 4.69) is 27.4 Å². The summed E-state index contributed by atoms with van der Waals surface area (Å²) in [6.07, 6.45) is 3.92. The van der Waals surface area contributed by atoms with Crippen LogP contribution in [0.15, 0.2) is 30.6 Å². The van der Waals surface area contributed by atoms with Gasteiger partial charge in [-0.1, -0.05) is 0 Å². The molecule has 0 saturated carbocycles. The second-order valence-electron chi connectivity index (χ2n) is 3.66. The highest BCUT2D eigenvalue weighted by molar-refractivity contribution is 5.47. The number of nitrogens with one attached hydrogen (secondary N) is 2. The molecule has 0 aliphatic carbocycles. The van der Waals surface area contributed by atoms with Gasteiger partial charge in [-0.3, -0.25) is 4.98 Å². The molecule has 0 spiro atoms. The Labute approximate surface area is 89.6 Å². The Morgan fingerprint density at radius 2 is 2.13 bits per heavy atom. The quantitative estimate of drug-likeness (QED) is 0.801. The van der Waals surface area contributed by atoms with E-state index in [-0.39, 0.29) is 0 Å². The standard InChI is InChI=1S/C12H15N3/c1-9-3-4-12(10(2)15-9)14-8-11-5-6-13-7-11/h3-7,13-14H,8H2,1-2H3. The maximum absolute atomic E-state index is 4.40. The predicted octanol–water partition coefficient (Wildman–Crippen LogP) is 2.64. The van der Waals surface area contributed by atoms with Crippen molar-refractivity contribution >= 4 is 5.69 Å². The minimum atomic E-state index is 0.828. The summed E-state index contributed by atoms with van der Waals surface area (Å²) >= 11 is 0. The summed E-state index contributed by atoms with van der Waals surface area (Å²) in [6, 6.07) is 6.15. The van der Waals surface area contributed by atoms with Crippen LogP contribution in [0.4, 0.5) is 5.69 Å². The van der Waals surface area contributed by atoms with Gasteiger partial charge in [0.2, 0.25) is 0 Å². The lowest BCUT2D eigenvalue weighted by Gasteiger charge is -2.08. The summed E-state index contributed by atoms with van der Waals surface area (Å²) < 4.78 is 0. The van der Waals surface area contributed by atoms with Gasteiger partial charge in [-0.15, -0.1) is 0 Å². The van der Waals surface area contributed by atoms with Crippen molar-refractivity contribution in [1.82, 2.24) is 9.97 Å². The zero-order valence-electron chi connectivity index (χ0n) is 9.04. The third-order valence-corrected chi connectivity index (χ3v) is 2.37. The summed E-state index contributed by atoms with van der Waals surface area (Å²) in [6.45, 7) is 4.85. The number of anilines is 1. The van der Waals surface area contributed by atoms with E-state index in [0.29, 0.717) is 0 Å². The average Bonchev–Trinajstić information content (AvgIpc) is 2.69. The van der Waals surface area contributed by atoms with Gasteiger partial charge in [-0.25, -0.2) is 0 Å². The number of aromatic nitrogens is 2. The van der Waals surface area contributed by atoms with Gasteiger partial charge in [-0.05, 0) is 37.6 Å². The molecule has 0 atom stereocenters. The third-order valence-electron chi connectivity index (χ3n) is 2.37. The second kappa shape index (κ2) is 4.17. The van der Waals surface area contributed by atoms with Crippen LogP contribution < -0.4 is 5.32 Å². The monoisotopic (exact) mass is 201 g/mol. The minimum Gasteiger partial charge on any atom is -0.379 e. The topological polar surface area (TPSA) is 40.7 Å². The maximum Gasteiger partial charge on any atom is 0.0606 e. The lowest BCUT2D eigenvalue weighted by Crippen LogP contribution is -2.01. The van der Waals surface area contributed by atoms with Gasteiger partial charge in [0.15, 0.2) is 0 Å². The van der Waals surface area contributed by atoms with E-state index < -0.39 is 0 Å². The minimum absolute atomic E-state index is 0.828. The van der Waals surface area contributed by atoms with Crippen molar-refractivity contribution in [2.45, 2.75) is 20.4 Å². The smallest absolute Gasteiger partial charge is 0.0606 e. The van der Waals surface area contributed by atoms with Crippen molar-refractivity contribution < 1.29 is 0 Å². The maximum atomic E-state index is 4.40. The number of rotatable bonds is 3. The number of hydrogen-bond acceptors (Lipinski definition) is 2. The number of hydrogen-bond donors (Lipinski definition) is 2. The van der Waals surface area contributed by atoms with E-state index in [1.807, 2.05) is 32.3 Å². The van der Waals surface area contributed by atoms with Crippen molar-refractivity contribution in [3.05, 3.63) is 47.5 Å². The Kier molecular flexibility index (Phi) is 2.72. The Bertz CT molecular complexity index is 432. The number of aryl methyl sites for hydroxylation is 2. The molecule has 3 nitrogen and oxygen atoms in total. The van der Waals surface area contributed by atoms with E-state index in [1.165, 1.54) is 5.56 Å². The zero-order chi connectivity index (χ0) is 10.7. The first-order valence-electron chi connectivity index (χ1n) is 5.05. The average molecular weight is 201 g/mol. The van der Waals surface area contributed by atoms with Crippen molar-refractivity contribution in [3.63, 3.8) is 0 Å². The lowest BCUT2D eigenvalue weighted by molar-refractivity contribution is 1.08. The van der Waals surface area contributed by atoms with Crippen LogP contribution in [0.2, 0.25) is 0 Å². The molecule has 78 valence electrons. The molecule has 2 aromatic heterocycles. The van der Waals surface area contributed by atoms with E-state index in [4.69, 9.17) is 0 Å². The molecule has 0 aliphatic rings. The molecule has 15 heavy (non-hydrogen) atoms. The third kappa shape index (κ3) is 2.37. The van der Waals surface area contributed by atoms with Crippen LogP contribution in [0.3, 0.4) is 0 Å². The fourth-order valence-corrected chi connectivity index (χ4v) is 1.54. The fraction of sp³-hybridized carbons (Fsp3) is 0.250. The molecule has 2 rings (SSSR count). The van der Waals surface area contributed by atoms with Crippen LogP contribution in [0.25, 0.3) is 0 Å². The summed E-state index contributed by atoms with van der Waals surface area (Å²) in [5, 5.41) is 3.36. The molecule has 0 aliphatic heterocycles. The molecule has 0 saturated heterocycles. The Hall–Kier alpha value is -1.77. The Morgan fingerprint density at radius 1 is 1.27 bits per heavy atom. The molecule has 0 radical (unpaired) electrons. The van der Waals surface area contributed by atoms with E-state index in [0.717, 1.165) is 23.6 Å². The van der Waals surface area contributed by atoms with Gasteiger partial charge in [0.05, 0.1) is 11.4 Å². The van der Waals surface area contributed by atoms with Crippen LogP contribution in [0.5, 0.6) is 0 Å².